The Labute approximate surface area is 302 Å². The number of alkyl halides is 1. The van der Waals surface area contributed by atoms with E-state index in [0.717, 1.165) is 28.1 Å². The maximum absolute atomic E-state index is 14.5. The molecule has 0 spiro atoms. The van der Waals surface area contributed by atoms with Crippen LogP contribution in [0.4, 0.5) is 10.1 Å². The number of esters is 1. The lowest BCUT2D eigenvalue weighted by atomic mass is 9.92. The van der Waals surface area contributed by atoms with Crippen molar-refractivity contribution >= 4 is 23.1 Å². The molecule has 2 aromatic carbocycles. The number of hydrogen-bond donors (Lipinski definition) is 1. The first-order valence-corrected chi connectivity index (χ1v) is 18.1. The fourth-order valence-corrected chi connectivity index (χ4v) is 7.04. The SMILES string of the molecule is CCOc1cccc(-c2c(C(=O)Nc3ccccc3)c(C(C)C)n(CC[C@@H]3C[C@H](CC(=O)OC(C)(C)C)OC(C)(C)O3)c2C2=CCC(F)C=C2)c1. The first kappa shape index (κ1) is 38.0. The third-order valence-electron chi connectivity index (χ3n) is 8.78. The van der Waals surface area contributed by atoms with Crippen LogP contribution in [0.25, 0.3) is 16.7 Å². The standard InChI is InChI=1S/C42H53FN2O6/c1-9-48-32-17-13-14-29(24-32)36-37(40(47)44-31-15-11-10-12-16-31)38(27(2)3)45(39(36)28-18-20-30(43)21-19-28)23-22-33-25-34(50-42(7,8)49-33)26-35(46)51-41(4,5)6/h10-20,24,27,30,33-34H,9,21-23,25-26H2,1-8H3,(H,44,47)/t30?,33-,34-/m1/s1. The molecule has 1 saturated heterocycles. The summed E-state index contributed by atoms with van der Waals surface area (Å²) in [6.07, 6.45) is 5.08. The Balaban J connectivity index is 1.62. The highest BCUT2D eigenvalue weighted by Gasteiger charge is 2.38. The van der Waals surface area contributed by atoms with Gasteiger partial charge in [-0.15, -0.1) is 0 Å². The van der Waals surface area contributed by atoms with Crippen molar-refractivity contribution in [3.63, 3.8) is 0 Å². The van der Waals surface area contributed by atoms with Gasteiger partial charge in [0.15, 0.2) is 5.79 Å². The van der Waals surface area contributed by atoms with Crippen LogP contribution in [0.15, 0.2) is 72.8 Å². The number of benzene rings is 2. The van der Waals surface area contributed by atoms with Crippen molar-refractivity contribution < 1.29 is 32.9 Å². The minimum Gasteiger partial charge on any atom is -0.494 e. The second kappa shape index (κ2) is 16.0. The van der Waals surface area contributed by atoms with Gasteiger partial charge in [-0.3, -0.25) is 9.59 Å². The van der Waals surface area contributed by atoms with Gasteiger partial charge in [0.05, 0.1) is 36.5 Å². The maximum Gasteiger partial charge on any atom is 0.308 e. The lowest BCUT2D eigenvalue weighted by Crippen LogP contribution is -2.46. The summed E-state index contributed by atoms with van der Waals surface area (Å²) < 4.78 is 40.9. The highest BCUT2D eigenvalue weighted by Crippen LogP contribution is 2.43. The van der Waals surface area contributed by atoms with Gasteiger partial charge in [-0.2, -0.15) is 0 Å². The van der Waals surface area contributed by atoms with Crippen molar-refractivity contribution in [2.24, 2.45) is 0 Å². The summed E-state index contributed by atoms with van der Waals surface area (Å²) in [5.41, 5.74) is 4.79. The number of hydrogen-bond acceptors (Lipinski definition) is 6. The van der Waals surface area contributed by atoms with Crippen molar-refractivity contribution in [2.45, 2.75) is 123 Å². The highest BCUT2D eigenvalue weighted by molar-refractivity contribution is 6.12. The molecular formula is C42H53FN2O6. The fourth-order valence-electron chi connectivity index (χ4n) is 7.04. The van der Waals surface area contributed by atoms with Gasteiger partial charge < -0.3 is 28.8 Å². The van der Waals surface area contributed by atoms with E-state index in [4.69, 9.17) is 18.9 Å². The van der Waals surface area contributed by atoms with Crippen LogP contribution in [0, 0.1) is 0 Å². The first-order chi connectivity index (χ1) is 24.1. The third kappa shape index (κ3) is 9.77. The lowest BCUT2D eigenvalue weighted by molar-refractivity contribution is -0.301. The summed E-state index contributed by atoms with van der Waals surface area (Å²) in [6.45, 7) is 16.4. The molecule has 2 heterocycles. The topological polar surface area (TPSA) is 88.0 Å². The fraction of sp³-hybridized carbons (Fsp3) is 0.476. The summed E-state index contributed by atoms with van der Waals surface area (Å²) in [5, 5.41) is 3.14. The zero-order valence-corrected chi connectivity index (χ0v) is 31.3. The van der Waals surface area contributed by atoms with E-state index >= 15 is 0 Å². The van der Waals surface area contributed by atoms with E-state index in [0.29, 0.717) is 43.0 Å². The van der Waals surface area contributed by atoms with Crippen molar-refractivity contribution in [1.29, 1.82) is 0 Å². The zero-order chi connectivity index (χ0) is 36.9. The third-order valence-corrected chi connectivity index (χ3v) is 8.78. The zero-order valence-electron chi connectivity index (χ0n) is 31.3. The van der Waals surface area contributed by atoms with Crippen molar-refractivity contribution in [3.8, 4) is 16.9 Å². The maximum atomic E-state index is 14.5. The number of amides is 1. The van der Waals surface area contributed by atoms with Crippen molar-refractivity contribution in [1.82, 2.24) is 4.57 Å². The highest BCUT2D eigenvalue weighted by atomic mass is 19.1. The van der Waals surface area contributed by atoms with Gasteiger partial charge in [-0.1, -0.05) is 56.3 Å². The van der Waals surface area contributed by atoms with E-state index in [1.54, 1.807) is 6.08 Å². The van der Waals surface area contributed by atoms with Crippen LogP contribution in [0.3, 0.4) is 0 Å². The van der Waals surface area contributed by atoms with Crippen molar-refractivity contribution in [2.75, 3.05) is 11.9 Å². The molecule has 8 nitrogen and oxygen atoms in total. The number of halogens is 1. The smallest absolute Gasteiger partial charge is 0.308 e. The molecule has 0 saturated carbocycles. The molecule has 0 radical (unpaired) electrons. The quantitative estimate of drug-likeness (QED) is 0.189. The second-order valence-corrected chi connectivity index (χ2v) is 15.0. The van der Waals surface area contributed by atoms with E-state index in [1.165, 1.54) is 0 Å². The van der Waals surface area contributed by atoms with Crippen LogP contribution in [-0.2, 0) is 25.5 Å². The molecule has 274 valence electrons. The molecule has 1 amide bonds. The number of nitrogens with one attached hydrogen (secondary N) is 1. The van der Waals surface area contributed by atoms with Gasteiger partial charge in [-0.05, 0) is 95.4 Å². The van der Waals surface area contributed by atoms with Gasteiger partial charge in [0, 0.05) is 36.3 Å². The summed E-state index contributed by atoms with van der Waals surface area (Å²) in [6, 6.07) is 17.2. The number of carbonyl (C=O) groups excluding carboxylic acids is 2. The molecule has 1 fully saturated rings. The number of ether oxygens (including phenoxy) is 4. The summed E-state index contributed by atoms with van der Waals surface area (Å²) >= 11 is 0. The van der Waals surface area contributed by atoms with Crippen LogP contribution >= 0.6 is 0 Å². The average Bonchev–Trinajstić information content (AvgIpc) is 3.39. The number of para-hydroxylation sites is 1. The average molecular weight is 701 g/mol. The molecule has 9 heteroatoms. The number of anilines is 1. The van der Waals surface area contributed by atoms with Crippen LogP contribution in [0.1, 0.15) is 109 Å². The van der Waals surface area contributed by atoms with E-state index in [9.17, 15) is 14.0 Å². The van der Waals surface area contributed by atoms with Gasteiger partial charge in [0.25, 0.3) is 5.91 Å². The molecule has 51 heavy (non-hydrogen) atoms. The minimum absolute atomic E-state index is 0.0573. The molecule has 5 rings (SSSR count). The Bertz CT molecular complexity index is 1750. The minimum atomic E-state index is -1.08. The van der Waals surface area contributed by atoms with Crippen LogP contribution in [0.5, 0.6) is 5.75 Å². The predicted molar refractivity (Wildman–Crippen MR) is 200 cm³/mol. The van der Waals surface area contributed by atoms with Crippen LogP contribution in [-0.4, -0.2) is 52.8 Å². The van der Waals surface area contributed by atoms with Gasteiger partial charge in [-0.25, -0.2) is 4.39 Å². The second-order valence-electron chi connectivity index (χ2n) is 15.0. The Kier molecular flexibility index (Phi) is 11.9. The first-order valence-electron chi connectivity index (χ1n) is 18.1. The Hall–Kier alpha value is -4.21. The number of allylic oxidation sites excluding steroid dienone is 4. The molecule has 2 aliphatic rings. The lowest BCUT2D eigenvalue weighted by Gasteiger charge is -2.41. The van der Waals surface area contributed by atoms with Crippen LogP contribution in [0.2, 0.25) is 0 Å². The van der Waals surface area contributed by atoms with Gasteiger partial charge in [0.1, 0.15) is 17.5 Å². The molecule has 1 aromatic heterocycles. The normalized spacial score (nSPS) is 20.2. The van der Waals surface area contributed by atoms with Gasteiger partial charge in [0.2, 0.25) is 0 Å². The van der Waals surface area contributed by atoms with Crippen LogP contribution < -0.4 is 10.1 Å². The Morgan fingerprint density at radius 1 is 1.06 bits per heavy atom. The number of nitrogens with zero attached hydrogens (tertiary/aromatic N) is 1. The summed E-state index contributed by atoms with van der Waals surface area (Å²) in [5.74, 6) is -0.815. The van der Waals surface area contributed by atoms with E-state index < -0.39 is 17.6 Å². The molecule has 1 aliphatic heterocycles. The number of rotatable bonds is 12. The molecule has 1 unspecified atom stereocenters. The molecular weight excluding hydrogens is 647 g/mol. The Morgan fingerprint density at radius 3 is 2.43 bits per heavy atom. The molecule has 3 atom stereocenters. The van der Waals surface area contributed by atoms with E-state index in [1.807, 2.05) is 108 Å². The Morgan fingerprint density at radius 2 is 1.78 bits per heavy atom. The van der Waals surface area contributed by atoms with E-state index in [-0.39, 0.29) is 42.8 Å². The monoisotopic (exact) mass is 700 g/mol. The van der Waals surface area contributed by atoms with Crippen molar-refractivity contribution in [3.05, 3.63) is 89.8 Å². The van der Waals surface area contributed by atoms with E-state index in [2.05, 4.69) is 23.7 Å². The largest absolute Gasteiger partial charge is 0.494 e. The number of carbonyl (C=O) groups is 2. The molecule has 1 N–H and O–H groups in total. The van der Waals surface area contributed by atoms with Gasteiger partial charge >= 0.3 is 5.97 Å². The molecule has 1 aliphatic carbocycles. The summed E-state index contributed by atoms with van der Waals surface area (Å²) in [7, 11) is 0. The molecule has 0 bridgehead atoms. The number of aromatic nitrogens is 1. The molecule has 3 aromatic rings. The predicted octanol–water partition coefficient (Wildman–Crippen LogP) is 9.64. The summed E-state index contributed by atoms with van der Waals surface area (Å²) in [4.78, 5) is 27.3.